The van der Waals surface area contributed by atoms with Gasteiger partial charge in [-0.05, 0) is 43.1 Å². The Morgan fingerprint density at radius 2 is 2.19 bits per heavy atom. The van der Waals surface area contributed by atoms with Gasteiger partial charge in [-0.2, -0.15) is 0 Å². The molecule has 0 atom stereocenters. The van der Waals surface area contributed by atoms with Crippen LogP contribution in [0, 0.1) is 11.3 Å². The van der Waals surface area contributed by atoms with Crippen LogP contribution in [0.25, 0.3) is 10.9 Å². The summed E-state index contributed by atoms with van der Waals surface area (Å²) >= 11 is 0. The second kappa shape index (κ2) is 4.38. The molecule has 2 aliphatic rings. The largest absolute Gasteiger partial charge is 0.350 e. The Morgan fingerprint density at radius 3 is 2.90 bits per heavy atom. The van der Waals surface area contributed by atoms with Crippen molar-refractivity contribution < 1.29 is 4.79 Å². The molecular formula is C15H16N4O2. The summed E-state index contributed by atoms with van der Waals surface area (Å²) in [5, 5.41) is 3.36. The van der Waals surface area contributed by atoms with Crippen molar-refractivity contribution in [1.82, 2.24) is 20.3 Å². The molecule has 2 saturated carbocycles. The van der Waals surface area contributed by atoms with Gasteiger partial charge >= 0.3 is 0 Å². The number of carbonyl (C=O) groups excluding carboxylic acids is 1. The van der Waals surface area contributed by atoms with Crippen LogP contribution in [0.3, 0.4) is 0 Å². The third kappa shape index (κ3) is 2.20. The maximum absolute atomic E-state index is 12.2. The number of fused-ring (bicyclic) bond motifs is 1. The molecule has 6 heteroatoms. The Balaban J connectivity index is 1.54. The number of carbonyl (C=O) groups is 1. The maximum Gasteiger partial charge on any atom is 0.269 e. The van der Waals surface area contributed by atoms with Crippen molar-refractivity contribution >= 4 is 16.8 Å². The van der Waals surface area contributed by atoms with Gasteiger partial charge in [0.2, 0.25) is 0 Å². The number of aromatic nitrogens is 3. The Labute approximate surface area is 121 Å². The first-order valence-corrected chi connectivity index (χ1v) is 7.30. The van der Waals surface area contributed by atoms with E-state index >= 15 is 0 Å². The summed E-state index contributed by atoms with van der Waals surface area (Å²) in [4.78, 5) is 34.6. The van der Waals surface area contributed by atoms with E-state index < -0.39 is 0 Å². The molecule has 0 spiro atoms. The van der Waals surface area contributed by atoms with Gasteiger partial charge in [-0.3, -0.25) is 9.59 Å². The number of nitrogens with zero attached hydrogens (tertiary/aromatic N) is 2. The lowest BCUT2D eigenvalue weighted by atomic mass is 10.0. The van der Waals surface area contributed by atoms with Crippen molar-refractivity contribution in [1.29, 1.82) is 0 Å². The summed E-state index contributed by atoms with van der Waals surface area (Å²) in [6.07, 6.45) is 7.82. The fourth-order valence-electron chi connectivity index (χ4n) is 3.03. The molecule has 6 nitrogen and oxygen atoms in total. The van der Waals surface area contributed by atoms with Gasteiger partial charge in [0.15, 0.2) is 0 Å². The summed E-state index contributed by atoms with van der Waals surface area (Å²) in [6.45, 7) is 0.722. The monoisotopic (exact) mass is 284 g/mol. The maximum atomic E-state index is 12.2. The molecule has 0 saturated heterocycles. The van der Waals surface area contributed by atoms with Gasteiger partial charge in [0.1, 0.15) is 5.69 Å². The second-order valence-electron chi connectivity index (χ2n) is 6.14. The molecule has 2 fully saturated rings. The van der Waals surface area contributed by atoms with Crippen LogP contribution in [0.2, 0.25) is 0 Å². The molecule has 2 aliphatic carbocycles. The molecular weight excluding hydrogens is 268 g/mol. The predicted molar refractivity (Wildman–Crippen MR) is 76.9 cm³/mol. The van der Waals surface area contributed by atoms with Crippen LogP contribution in [0.1, 0.15) is 36.2 Å². The van der Waals surface area contributed by atoms with E-state index in [2.05, 4.69) is 20.3 Å². The van der Waals surface area contributed by atoms with E-state index in [0.29, 0.717) is 16.3 Å². The Kier molecular flexibility index (Phi) is 2.60. The Bertz CT molecular complexity index is 775. The molecule has 0 aromatic carbocycles. The third-order valence-corrected chi connectivity index (χ3v) is 4.70. The molecule has 0 bridgehead atoms. The van der Waals surface area contributed by atoms with Gasteiger partial charge in [0.05, 0.1) is 23.4 Å². The van der Waals surface area contributed by atoms with Crippen molar-refractivity contribution in [3.8, 4) is 0 Å². The van der Waals surface area contributed by atoms with Gasteiger partial charge in [-0.15, -0.1) is 0 Å². The average Bonchev–Trinajstić information content (AvgIpc) is 3.38. The average molecular weight is 284 g/mol. The molecule has 1 amide bonds. The van der Waals surface area contributed by atoms with Gasteiger partial charge in [0.25, 0.3) is 11.5 Å². The van der Waals surface area contributed by atoms with E-state index in [0.717, 1.165) is 12.5 Å². The highest BCUT2D eigenvalue weighted by Crippen LogP contribution is 2.60. The smallest absolute Gasteiger partial charge is 0.269 e. The number of pyridine rings is 1. The SMILES string of the molecule is O=C(NCC1(C2CC2)CC1)c1cc2c(=O)[nH]cnc2cn1. The van der Waals surface area contributed by atoms with Crippen molar-refractivity contribution in [3.63, 3.8) is 0 Å². The van der Waals surface area contributed by atoms with E-state index in [9.17, 15) is 9.59 Å². The molecule has 0 aliphatic heterocycles. The lowest BCUT2D eigenvalue weighted by molar-refractivity contribution is 0.0938. The molecule has 108 valence electrons. The highest BCUT2D eigenvalue weighted by atomic mass is 16.2. The van der Waals surface area contributed by atoms with Gasteiger partial charge < -0.3 is 10.3 Å². The van der Waals surface area contributed by atoms with E-state index in [-0.39, 0.29) is 17.2 Å². The fraction of sp³-hybridized carbons (Fsp3) is 0.467. The van der Waals surface area contributed by atoms with Crippen LogP contribution < -0.4 is 10.9 Å². The summed E-state index contributed by atoms with van der Waals surface area (Å²) < 4.78 is 0. The molecule has 2 heterocycles. The quantitative estimate of drug-likeness (QED) is 0.884. The van der Waals surface area contributed by atoms with Crippen molar-refractivity contribution in [2.75, 3.05) is 6.54 Å². The van der Waals surface area contributed by atoms with Crippen molar-refractivity contribution in [2.24, 2.45) is 11.3 Å². The van der Waals surface area contributed by atoms with Gasteiger partial charge in [0, 0.05) is 6.54 Å². The van der Waals surface area contributed by atoms with Crippen LogP contribution in [0.4, 0.5) is 0 Å². The first-order chi connectivity index (χ1) is 10.2. The number of hydrogen-bond acceptors (Lipinski definition) is 4. The first-order valence-electron chi connectivity index (χ1n) is 7.30. The zero-order chi connectivity index (χ0) is 14.4. The molecule has 0 radical (unpaired) electrons. The number of hydrogen-bond donors (Lipinski definition) is 2. The summed E-state index contributed by atoms with van der Waals surface area (Å²) in [5.41, 5.74) is 0.860. The van der Waals surface area contributed by atoms with Crippen molar-refractivity contribution in [2.45, 2.75) is 25.7 Å². The third-order valence-electron chi connectivity index (χ3n) is 4.70. The predicted octanol–water partition coefficient (Wildman–Crippen LogP) is 1.24. The topological polar surface area (TPSA) is 87.7 Å². The second-order valence-corrected chi connectivity index (χ2v) is 6.14. The van der Waals surface area contributed by atoms with Crippen LogP contribution in [-0.4, -0.2) is 27.4 Å². The number of amides is 1. The number of aromatic amines is 1. The molecule has 4 rings (SSSR count). The van der Waals surface area contributed by atoms with Crippen LogP contribution in [0.5, 0.6) is 0 Å². The zero-order valence-corrected chi connectivity index (χ0v) is 11.6. The Hall–Kier alpha value is -2.24. The minimum atomic E-state index is -0.256. The molecule has 2 N–H and O–H groups in total. The number of rotatable bonds is 4. The fourth-order valence-corrected chi connectivity index (χ4v) is 3.03. The highest BCUT2D eigenvalue weighted by molar-refractivity contribution is 5.95. The molecule has 2 aromatic rings. The molecule has 2 aromatic heterocycles. The van der Waals surface area contributed by atoms with E-state index in [4.69, 9.17) is 0 Å². The van der Waals surface area contributed by atoms with Crippen LogP contribution in [0.15, 0.2) is 23.4 Å². The van der Waals surface area contributed by atoms with Crippen LogP contribution >= 0.6 is 0 Å². The number of H-pyrrole nitrogens is 1. The molecule has 0 unspecified atom stereocenters. The van der Waals surface area contributed by atoms with E-state index in [1.54, 1.807) is 0 Å². The van der Waals surface area contributed by atoms with Crippen molar-refractivity contribution in [3.05, 3.63) is 34.6 Å². The summed E-state index contributed by atoms with van der Waals surface area (Å²) in [7, 11) is 0. The summed E-state index contributed by atoms with van der Waals surface area (Å²) in [5.74, 6) is 0.585. The van der Waals surface area contributed by atoms with Gasteiger partial charge in [-0.25, -0.2) is 9.97 Å². The normalized spacial score (nSPS) is 19.4. The standard InChI is InChI=1S/C15H16N4O2/c20-13-10-5-11(16-6-12(10)18-8-19-13)14(21)17-7-15(3-4-15)9-1-2-9/h5-6,8-9H,1-4,7H2,(H,17,21)(H,18,19,20). The Morgan fingerprint density at radius 1 is 1.38 bits per heavy atom. The van der Waals surface area contributed by atoms with E-state index in [1.165, 1.54) is 44.3 Å². The van der Waals surface area contributed by atoms with Crippen LogP contribution in [-0.2, 0) is 0 Å². The molecule has 21 heavy (non-hydrogen) atoms. The first kappa shape index (κ1) is 12.5. The minimum Gasteiger partial charge on any atom is -0.350 e. The summed E-state index contributed by atoms with van der Waals surface area (Å²) in [6, 6.07) is 1.51. The van der Waals surface area contributed by atoms with Gasteiger partial charge in [-0.1, -0.05) is 0 Å². The lowest BCUT2D eigenvalue weighted by Gasteiger charge is -2.14. The number of nitrogens with one attached hydrogen (secondary N) is 2. The minimum absolute atomic E-state index is 0.216. The highest BCUT2D eigenvalue weighted by Gasteiger charge is 2.53. The van der Waals surface area contributed by atoms with E-state index in [1.807, 2.05) is 0 Å². The zero-order valence-electron chi connectivity index (χ0n) is 11.6. The lowest BCUT2D eigenvalue weighted by Crippen LogP contribution is -2.31.